The lowest BCUT2D eigenvalue weighted by Gasteiger charge is -2.03. The summed E-state index contributed by atoms with van der Waals surface area (Å²) in [6.45, 7) is 0.448. The summed E-state index contributed by atoms with van der Waals surface area (Å²) in [5, 5.41) is 6.30. The Balaban J connectivity index is 2.37. The fourth-order valence-electron chi connectivity index (χ4n) is 0.833. The Labute approximate surface area is 82.7 Å². The Morgan fingerprint density at radius 2 is 2.43 bits per heavy atom. The summed E-state index contributed by atoms with van der Waals surface area (Å²) in [5.41, 5.74) is 0.797. The maximum Gasteiger partial charge on any atom is 0.214 e. The molecule has 0 bridgehead atoms. The van der Waals surface area contributed by atoms with Crippen LogP contribution < -0.4 is 4.72 Å². The number of nitrogens with one attached hydrogen (secondary N) is 2. The molecule has 0 spiro atoms. The average molecular weight is 219 g/mol. The summed E-state index contributed by atoms with van der Waals surface area (Å²) in [7, 11) is -1.77. The van der Waals surface area contributed by atoms with Crippen LogP contribution in [0.3, 0.4) is 0 Å². The fraction of sp³-hybridized carbons (Fsp3) is 0.571. The SMILES string of the molecule is COCCS(=O)(=O)NCc1cn[nH]c1. The number of H-pyrrole nitrogens is 1. The van der Waals surface area contributed by atoms with Crippen LogP contribution in [0.25, 0.3) is 0 Å². The molecule has 0 atom stereocenters. The molecule has 2 N–H and O–H groups in total. The first-order chi connectivity index (χ1) is 6.64. The van der Waals surface area contributed by atoms with Gasteiger partial charge in [0, 0.05) is 25.4 Å². The van der Waals surface area contributed by atoms with E-state index in [1.54, 1.807) is 12.4 Å². The van der Waals surface area contributed by atoms with Gasteiger partial charge in [-0.3, -0.25) is 5.10 Å². The van der Waals surface area contributed by atoms with Crippen molar-refractivity contribution in [3.63, 3.8) is 0 Å². The number of sulfonamides is 1. The van der Waals surface area contributed by atoms with E-state index in [1.807, 2.05) is 0 Å². The highest BCUT2D eigenvalue weighted by atomic mass is 32.2. The van der Waals surface area contributed by atoms with E-state index in [2.05, 4.69) is 19.7 Å². The Morgan fingerprint density at radius 3 is 3.00 bits per heavy atom. The van der Waals surface area contributed by atoms with Crippen molar-refractivity contribution in [2.45, 2.75) is 6.54 Å². The van der Waals surface area contributed by atoms with Gasteiger partial charge in [0.15, 0.2) is 0 Å². The minimum Gasteiger partial charge on any atom is -0.384 e. The minimum absolute atomic E-state index is 0.0264. The summed E-state index contributed by atoms with van der Waals surface area (Å²) < 4.78 is 29.6. The van der Waals surface area contributed by atoms with E-state index in [-0.39, 0.29) is 18.9 Å². The molecule has 1 aromatic heterocycles. The Bertz CT molecular complexity index is 346. The zero-order valence-electron chi connectivity index (χ0n) is 7.86. The second kappa shape index (κ2) is 5.08. The fourth-order valence-corrected chi connectivity index (χ4v) is 1.75. The van der Waals surface area contributed by atoms with Crippen LogP contribution in [-0.4, -0.2) is 38.1 Å². The molecule has 0 fully saturated rings. The van der Waals surface area contributed by atoms with Gasteiger partial charge in [-0.25, -0.2) is 13.1 Å². The van der Waals surface area contributed by atoms with Crippen molar-refractivity contribution < 1.29 is 13.2 Å². The van der Waals surface area contributed by atoms with E-state index in [4.69, 9.17) is 0 Å². The quantitative estimate of drug-likeness (QED) is 0.674. The summed E-state index contributed by atoms with van der Waals surface area (Å²) in [5.74, 6) is -0.0264. The molecule has 0 unspecified atom stereocenters. The molecule has 80 valence electrons. The standard InChI is InChI=1S/C7H13N3O3S/c1-13-2-3-14(11,12)10-6-7-4-8-9-5-7/h4-5,10H,2-3,6H2,1H3,(H,8,9). The number of aromatic nitrogens is 2. The molecule has 0 aliphatic carbocycles. The monoisotopic (exact) mass is 219 g/mol. The maximum absolute atomic E-state index is 11.3. The van der Waals surface area contributed by atoms with Crippen LogP contribution in [0.15, 0.2) is 12.4 Å². The number of methoxy groups -OCH3 is 1. The van der Waals surface area contributed by atoms with E-state index in [9.17, 15) is 8.42 Å². The topological polar surface area (TPSA) is 84.1 Å². The minimum atomic E-state index is -3.24. The van der Waals surface area contributed by atoms with Crippen molar-refractivity contribution in [3.05, 3.63) is 18.0 Å². The molecular formula is C7H13N3O3S. The molecule has 0 saturated carbocycles. The highest BCUT2D eigenvalue weighted by Crippen LogP contribution is 1.94. The zero-order chi connectivity index (χ0) is 10.4. The second-order valence-electron chi connectivity index (χ2n) is 2.74. The molecule has 0 aliphatic heterocycles. The van der Waals surface area contributed by atoms with Gasteiger partial charge in [0.2, 0.25) is 10.0 Å². The maximum atomic E-state index is 11.3. The van der Waals surface area contributed by atoms with Crippen LogP contribution >= 0.6 is 0 Å². The normalized spacial score (nSPS) is 11.8. The summed E-state index contributed by atoms with van der Waals surface area (Å²) in [6.07, 6.45) is 3.21. The van der Waals surface area contributed by atoms with Gasteiger partial charge in [-0.1, -0.05) is 0 Å². The molecule has 0 aliphatic rings. The predicted molar refractivity (Wildman–Crippen MR) is 51.1 cm³/mol. The van der Waals surface area contributed by atoms with Crippen LogP contribution in [0, 0.1) is 0 Å². The average Bonchev–Trinajstić information content (AvgIpc) is 2.64. The third-order valence-corrected chi connectivity index (χ3v) is 2.90. The van der Waals surface area contributed by atoms with Gasteiger partial charge in [0.1, 0.15) is 0 Å². The lowest BCUT2D eigenvalue weighted by molar-refractivity contribution is 0.217. The van der Waals surface area contributed by atoms with Gasteiger partial charge in [0.25, 0.3) is 0 Å². The van der Waals surface area contributed by atoms with E-state index in [1.165, 1.54) is 7.11 Å². The van der Waals surface area contributed by atoms with Gasteiger partial charge >= 0.3 is 0 Å². The number of rotatable bonds is 6. The molecule has 0 saturated heterocycles. The molecule has 1 rings (SSSR count). The van der Waals surface area contributed by atoms with Crippen molar-refractivity contribution in [1.82, 2.24) is 14.9 Å². The van der Waals surface area contributed by atoms with E-state index >= 15 is 0 Å². The van der Waals surface area contributed by atoms with Crippen LogP contribution in [0.5, 0.6) is 0 Å². The zero-order valence-corrected chi connectivity index (χ0v) is 8.67. The highest BCUT2D eigenvalue weighted by molar-refractivity contribution is 7.89. The molecule has 1 heterocycles. The van der Waals surface area contributed by atoms with Gasteiger partial charge in [-0.2, -0.15) is 5.10 Å². The molecule has 0 aromatic carbocycles. The van der Waals surface area contributed by atoms with Crippen molar-refractivity contribution >= 4 is 10.0 Å². The molecule has 0 radical (unpaired) electrons. The van der Waals surface area contributed by atoms with Crippen LogP contribution in [0.1, 0.15) is 5.56 Å². The van der Waals surface area contributed by atoms with Gasteiger partial charge in [0.05, 0.1) is 18.6 Å². The number of hydrogen-bond acceptors (Lipinski definition) is 4. The number of ether oxygens (including phenoxy) is 1. The van der Waals surface area contributed by atoms with Gasteiger partial charge in [-0.15, -0.1) is 0 Å². The molecule has 0 amide bonds. The Kier molecular flexibility index (Phi) is 4.05. The molecular weight excluding hydrogens is 206 g/mol. The first-order valence-corrected chi connectivity index (χ1v) is 5.73. The van der Waals surface area contributed by atoms with Crippen molar-refractivity contribution in [2.75, 3.05) is 19.5 Å². The summed E-state index contributed by atoms with van der Waals surface area (Å²) >= 11 is 0. The van der Waals surface area contributed by atoms with Crippen molar-refractivity contribution in [3.8, 4) is 0 Å². The second-order valence-corrected chi connectivity index (χ2v) is 4.67. The molecule has 1 aromatic rings. The summed E-state index contributed by atoms with van der Waals surface area (Å²) in [6, 6.07) is 0. The first-order valence-electron chi connectivity index (χ1n) is 4.08. The largest absolute Gasteiger partial charge is 0.384 e. The number of nitrogens with zero attached hydrogens (tertiary/aromatic N) is 1. The van der Waals surface area contributed by atoms with Gasteiger partial charge < -0.3 is 4.74 Å². The van der Waals surface area contributed by atoms with Crippen LogP contribution in [-0.2, 0) is 21.3 Å². The van der Waals surface area contributed by atoms with Crippen molar-refractivity contribution in [1.29, 1.82) is 0 Å². The third-order valence-electron chi connectivity index (χ3n) is 1.61. The third kappa shape index (κ3) is 3.86. The van der Waals surface area contributed by atoms with E-state index in [0.29, 0.717) is 0 Å². The predicted octanol–water partition coefficient (Wildman–Crippen LogP) is -0.524. The van der Waals surface area contributed by atoms with E-state index in [0.717, 1.165) is 5.56 Å². The number of hydrogen-bond donors (Lipinski definition) is 2. The lowest BCUT2D eigenvalue weighted by Crippen LogP contribution is -2.27. The molecule has 6 nitrogen and oxygen atoms in total. The Morgan fingerprint density at radius 1 is 1.64 bits per heavy atom. The van der Waals surface area contributed by atoms with Crippen LogP contribution in [0.2, 0.25) is 0 Å². The van der Waals surface area contributed by atoms with Crippen LogP contribution in [0.4, 0.5) is 0 Å². The Hall–Kier alpha value is -0.920. The summed E-state index contributed by atoms with van der Waals surface area (Å²) in [4.78, 5) is 0. The highest BCUT2D eigenvalue weighted by Gasteiger charge is 2.09. The molecule has 7 heteroatoms. The first kappa shape index (κ1) is 11.2. The lowest BCUT2D eigenvalue weighted by atomic mass is 10.4. The van der Waals surface area contributed by atoms with Gasteiger partial charge in [-0.05, 0) is 0 Å². The van der Waals surface area contributed by atoms with E-state index < -0.39 is 10.0 Å². The molecule has 14 heavy (non-hydrogen) atoms. The number of aromatic amines is 1. The van der Waals surface area contributed by atoms with Crippen molar-refractivity contribution in [2.24, 2.45) is 0 Å². The smallest absolute Gasteiger partial charge is 0.214 e.